The van der Waals surface area contributed by atoms with Gasteiger partial charge in [-0.05, 0) is 55.0 Å². The minimum atomic E-state index is 0.601. The summed E-state index contributed by atoms with van der Waals surface area (Å²) in [5, 5.41) is 4.69. The summed E-state index contributed by atoms with van der Waals surface area (Å²) in [5.74, 6) is 0. The second kappa shape index (κ2) is 8.79. The number of aryl methyl sites for hydroxylation is 1. The Kier molecular flexibility index (Phi) is 6.21. The zero-order valence-electron chi connectivity index (χ0n) is 14.5. The molecule has 26 heavy (non-hydrogen) atoms. The lowest BCUT2D eigenvalue weighted by atomic mass is 10.2. The molecule has 0 saturated carbocycles. The molecule has 3 nitrogen and oxygen atoms in total. The smallest absolute Gasteiger partial charge is 0.174 e. The van der Waals surface area contributed by atoms with Crippen LogP contribution in [0.3, 0.4) is 0 Å². The first kappa shape index (κ1) is 18.4. The number of benzene rings is 2. The number of nitrogens with zero attached hydrogens (tertiary/aromatic N) is 2. The molecular weight excluding hydrogens is 362 g/mol. The van der Waals surface area contributed by atoms with Crippen molar-refractivity contribution in [1.29, 1.82) is 0 Å². The molecule has 0 atom stereocenters. The predicted octanol–water partition coefficient (Wildman–Crippen LogP) is 5.44. The highest BCUT2D eigenvalue weighted by atomic mass is 35.5. The Bertz CT molecular complexity index is 866. The number of hydrogen-bond acceptors (Lipinski definition) is 2. The van der Waals surface area contributed by atoms with Crippen molar-refractivity contribution in [3.63, 3.8) is 0 Å². The first-order valence-corrected chi connectivity index (χ1v) is 9.16. The second-order valence-corrected chi connectivity index (χ2v) is 6.86. The number of hydrogen-bond donors (Lipinski definition) is 1. The first-order chi connectivity index (χ1) is 12.6. The Hall–Kier alpha value is -2.43. The molecule has 0 aliphatic heterocycles. The van der Waals surface area contributed by atoms with Gasteiger partial charge in [-0.2, -0.15) is 0 Å². The van der Waals surface area contributed by atoms with Gasteiger partial charge in [0.05, 0.1) is 12.2 Å². The standard InChI is InChI=1S/C21H20ClN3S/c1-16-9-11-18(12-10-16)24-21(26)25(15-19-7-4-5-13-23-19)14-17-6-2-3-8-20(17)22/h2-13H,14-15H2,1H3,(H,24,26). The quantitative estimate of drug-likeness (QED) is 0.595. The van der Waals surface area contributed by atoms with Gasteiger partial charge in [-0.25, -0.2) is 0 Å². The van der Waals surface area contributed by atoms with E-state index in [0.717, 1.165) is 22.0 Å². The van der Waals surface area contributed by atoms with Crippen LogP contribution in [0.15, 0.2) is 72.9 Å². The number of anilines is 1. The maximum atomic E-state index is 6.35. The number of nitrogens with one attached hydrogen (secondary N) is 1. The van der Waals surface area contributed by atoms with Gasteiger partial charge in [-0.15, -0.1) is 0 Å². The molecular formula is C21H20ClN3S. The summed E-state index contributed by atoms with van der Waals surface area (Å²) in [7, 11) is 0. The minimum Gasteiger partial charge on any atom is -0.339 e. The van der Waals surface area contributed by atoms with Gasteiger partial charge in [0.1, 0.15) is 0 Å². The molecule has 2 aromatic carbocycles. The van der Waals surface area contributed by atoms with E-state index in [9.17, 15) is 0 Å². The Morgan fingerprint density at radius 2 is 1.73 bits per heavy atom. The molecule has 0 radical (unpaired) electrons. The van der Waals surface area contributed by atoms with Crippen LogP contribution in [-0.2, 0) is 13.1 Å². The van der Waals surface area contributed by atoms with Crippen molar-refractivity contribution in [2.75, 3.05) is 5.32 Å². The molecule has 1 heterocycles. The molecule has 0 saturated heterocycles. The SMILES string of the molecule is Cc1ccc(NC(=S)N(Cc2ccccn2)Cc2ccccc2Cl)cc1. The summed E-state index contributed by atoms with van der Waals surface area (Å²) in [4.78, 5) is 6.49. The summed E-state index contributed by atoms with van der Waals surface area (Å²) in [6.07, 6.45) is 1.79. The van der Waals surface area contributed by atoms with Crippen LogP contribution in [0.4, 0.5) is 5.69 Å². The van der Waals surface area contributed by atoms with Crippen molar-refractivity contribution >= 4 is 34.6 Å². The molecule has 1 N–H and O–H groups in total. The van der Waals surface area contributed by atoms with E-state index >= 15 is 0 Å². The molecule has 132 valence electrons. The lowest BCUT2D eigenvalue weighted by Crippen LogP contribution is -2.34. The number of thiocarbonyl (C=S) groups is 1. The third-order valence-corrected chi connectivity index (χ3v) is 4.72. The molecule has 1 aromatic heterocycles. The minimum absolute atomic E-state index is 0.601. The predicted molar refractivity (Wildman–Crippen MR) is 112 cm³/mol. The normalized spacial score (nSPS) is 10.4. The Labute approximate surface area is 164 Å². The van der Waals surface area contributed by atoms with E-state index in [1.54, 1.807) is 6.20 Å². The van der Waals surface area contributed by atoms with E-state index in [1.165, 1.54) is 5.56 Å². The highest BCUT2D eigenvalue weighted by molar-refractivity contribution is 7.80. The largest absolute Gasteiger partial charge is 0.339 e. The molecule has 0 fully saturated rings. The summed E-state index contributed by atoms with van der Waals surface area (Å²) < 4.78 is 0. The highest BCUT2D eigenvalue weighted by Gasteiger charge is 2.14. The molecule has 0 bridgehead atoms. The van der Waals surface area contributed by atoms with Crippen LogP contribution in [0.1, 0.15) is 16.8 Å². The molecule has 3 rings (SSSR count). The van der Waals surface area contributed by atoms with E-state index in [-0.39, 0.29) is 0 Å². The fraction of sp³-hybridized carbons (Fsp3) is 0.143. The third kappa shape index (κ3) is 5.04. The van der Waals surface area contributed by atoms with Gasteiger partial charge in [-0.1, -0.05) is 53.6 Å². The van der Waals surface area contributed by atoms with Gasteiger partial charge in [-0.3, -0.25) is 4.98 Å². The number of pyridine rings is 1. The van der Waals surface area contributed by atoms with Gasteiger partial charge in [0.15, 0.2) is 5.11 Å². The summed E-state index contributed by atoms with van der Waals surface area (Å²) in [6, 6.07) is 21.9. The van der Waals surface area contributed by atoms with Crippen molar-refractivity contribution in [2.24, 2.45) is 0 Å². The van der Waals surface area contributed by atoms with Gasteiger partial charge in [0, 0.05) is 23.5 Å². The molecule has 0 unspecified atom stereocenters. The topological polar surface area (TPSA) is 28.2 Å². The Morgan fingerprint density at radius 1 is 1.00 bits per heavy atom. The fourth-order valence-corrected chi connectivity index (χ4v) is 3.00. The van der Waals surface area contributed by atoms with Crippen LogP contribution < -0.4 is 5.32 Å². The lowest BCUT2D eigenvalue weighted by molar-refractivity contribution is 0.407. The molecule has 5 heteroatoms. The van der Waals surface area contributed by atoms with E-state index < -0.39 is 0 Å². The van der Waals surface area contributed by atoms with Crippen LogP contribution in [0, 0.1) is 6.92 Å². The van der Waals surface area contributed by atoms with Gasteiger partial charge >= 0.3 is 0 Å². The van der Waals surface area contributed by atoms with Crippen molar-refractivity contribution < 1.29 is 0 Å². The molecule has 0 aliphatic rings. The lowest BCUT2D eigenvalue weighted by Gasteiger charge is -2.26. The van der Waals surface area contributed by atoms with E-state index in [0.29, 0.717) is 18.2 Å². The first-order valence-electron chi connectivity index (χ1n) is 8.38. The van der Waals surface area contributed by atoms with Gasteiger partial charge < -0.3 is 10.2 Å². The van der Waals surface area contributed by atoms with Crippen molar-refractivity contribution in [3.05, 3.63) is 94.8 Å². The second-order valence-electron chi connectivity index (χ2n) is 6.06. The van der Waals surface area contributed by atoms with Crippen LogP contribution >= 0.6 is 23.8 Å². The van der Waals surface area contributed by atoms with Crippen molar-refractivity contribution in [3.8, 4) is 0 Å². The highest BCUT2D eigenvalue weighted by Crippen LogP contribution is 2.19. The van der Waals surface area contributed by atoms with E-state index in [1.807, 2.05) is 54.6 Å². The number of aromatic nitrogens is 1. The fourth-order valence-electron chi connectivity index (χ4n) is 2.56. The average Bonchev–Trinajstić information content (AvgIpc) is 2.65. The van der Waals surface area contributed by atoms with Crippen LogP contribution in [0.25, 0.3) is 0 Å². The van der Waals surface area contributed by atoms with Crippen molar-refractivity contribution in [1.82, 2.24) is 9.88 Å². The maximum absolute atomic E-state index is 6.35. The third-order valence-electron chi connectivity index (χ3n) is 3.99. The molecule has 0 aliphatic carbocycles. The van der Waals surface area contributed by atoms with Crippen molar-refractivity contribution in [2.45, 2.75) is 20.0 Å². The van der Waals surface area contributed by atoms with Gasteiger partial charge in [0.25, 0.3) is 0 Å². The Morgan fingerprint density at radius 3 is 2.42 bits per heavy atom. The molecule has 3 aromatic rings. The summed E-state index contributed by atoms with van der Waals surface area (Å²) >= 11 is 12.0. The maximum Gasteiger partial charge on any atom is 0.174 e. The molecule has 0 amide bonds. The zero-order valence-corrected chi connectivity index (χ0v) is 16.1. The summed E-state index contributed by atoms with van der Waals surface area (Å²) in [6.45, 7) is 3.27. The number of halogens is 1. The van der Waals surface area contributed by atoms with E-state index in [2.05, 4.69) is 34.3 Å². The number of rotatable bonds is 5. The van der Waals surface area contributed by atoms with Crippen LogP contribution in [-0.4, -0.2) is 15.0 Å². The monoisotopic (exact) mass is 381 g/mol. The zero-order chi connectivity index (χ0) is 18.4. The Balaban J connectivity index is 1.80. The van der Waals surface area contributed by atoms with E-state index in [4.69, 9.17) is 23.8 Å². The van der Waals surface area contributed by atoms with Crippen LogP contribution in [0.5, 0.6) is 0 Å². The van der Waals surface area contributed by atoms with Crippen LogP contribution in [0.2, 0.25) is 5.02 Å². The average molecular weight is 382 g/mol. The van der Waals surface area contributed by atoms with Gasteiger partial charge in [0.2, 0.25) is 0 Å². The summed E-state index contributed by atoms with van der Waals surface area (Å²) in [5.41, 5.74) is 4.15. The molecule has 0 spiro atoms.